The molecule has 2 aliphatic rings. The second kappa shape index (κ2) is 6.84. The molecule has 0 bridgehead atoms. The first-order valence-corrected chi connectivity index (χ1v) is 9.39. The quantitative estimate of drug-likeness (QED) is 0.815. The zero-order valence-corrected chi connectivity index (χ0v) is 14.6. The van der Waals surface area contributed by atoms with Crippen molar-refractivity contribution in [3.63, 3.8) is 0 Å². The first kappa shape index (κ1) is 17.7. The maximum absolute atomic E-state index is 12.4. The van der Waals surface area contributed by atoms with Crippen molar-refractivity contribution in [2.24, 2.45) is 11.8 Å². The highest BCUT2D eigenvalue weighted by atomic mass is 35.5. The number of carbonyl (C=O) groups is 1. The number of likely N-dealkylation sites (tertiary alicyclic amines) is 1. The summed E-state index contributed by atoms with van der Waals surface area (Å²) in [6.45, 7) is 4.95. The van der Waals surface area contributed by atoms with Crippen molar-refractivity contribution in [1.82, 2.24) is 14.9 Å². The molecule has 1 aromatic heterocycles. The van der Waals surface area contributed by atoms with Crippen LogP contribution < -0.4 is 10.0 Å². The van der Waals surface area contributed by atoms with E-state index in [9.17, 15) is 13.2 Å². The Kier molecular flexibility index (Phi) is 5.50. The van der Waals surface area contributed by atoms with Crippen LogP contribution in [0.15, 0.2) is 21.7 Å². The number of nitrogens with zero attached hydrogens (tertiary/aromatic N) is 1. The van der Waals surface area contributed by atoms with Crippen LogP contribution in [0.5, 0.6) is 0 Å². The summed E-state index contributed by atoms with van der Waals surface area (Å²) in [5.41, 5.74) is 0. The Morgan fingerprint density at radius 3 is 2.59 bits per heavy atom. The number of rotatable bonds is 4. The number of sulfonamides is 1. The Morgan fingerprint density at radius 2 is 2.05 bits per heavy atom. The van der Waals surface area contributed by atoms with Gasteiger partial charge in [0.25, 0.3) is 10.0 Å². The zero-order valence-electron chi connectivity index (χ0n) is 12.2. The summed E-state index contributed by atoms with van der Waals surface area (Å²) in [7, 11) is -3.60. The van der Waals surface area contributed by atoms with Crippen LogP contribution >= 0.6 is 23.7 Å². The second-order valence-corrected chi connectivity index (χ2v) is 8.59. The van der Waals surface area contributed by atoms with Crippen LogP contribution in [-0.2, 0) is 14.8 Å². The summed E-state index contributed by atoms with van der Waals surface area (Å²) >= 11 is 1.15. The standard InChI is InChI=1S/C13H19N3O3S2.ClH/c1-9(15-21(18,19)12-3-2-4-20-12)13(17)16-7-10-5-14-6-11(10)8-16;/h2-4,9-11,14-15H,5-8H2,1H3;1H/t9?,10-,11+;. The molecule has 3 heterocycles. The Balaban J connectivity index is 0.00000176. The maximum Gasteiger partial charge on any atom is 0.250 e. The van der Waals surface area contributed by atoms with Crippen LogP contribution in [0.1, 0.15) is 6.92 Å². The third-order valence-corrected chi connectivity index (χ3v) is 7.10. The van der Waals surface area contributed by atoms with E-state index >= 15 is 0 Å². The van der Waals surface area contributed by atoms with E-state index < -0.39 is 16.1 Å². The smallest absolute Gasteiger partial charge is 0.250 e. The molecule has 1 aromatic rings. The topological polar surface area (TPSA) is 78.5 Å². The van der Waals surface area contributed by atoms with Crippen molar-refractivity contribution in [3.05, 3.63) is 17.5 Å². The van der Waals surface area contributed by atoms with Crippen LogP contribution in [0.25, 0.3) is 0 Å². The van der Waals surface area contributed by atoms with E-state index in [1.165, 1.54) is 6.07 Å². The van der Waals surface area contributed by atoms with Crippen molar-refractivity contribution < 1.29 is 13.2 Å². The Morgan fingerprint density at radius 1 is 1.41 bits per heavy atom. The third kappa shape index (κ3) is 3.46. The van der Waals surface area contributed by atoms with Gasteiger partial charge in [0.2, 0.25) is 5.91 Å². The summed E-state index contributed by atoms with van der Waals surface area (Å²) in [5.74, 6) is 0.884. The first-order chi connectivity index (χ1) is 9.97. The molecule has 3 rings (SSSR count). The lowest BCUT2D eigenvalue weighted by Gasteiger charge is -2.22. The summed E-state index contributed by atoms with van der Waals surface area (Å²) in [6, 6.07) is 2.49. The van der Waals surface area contributed by atoms with E-state index in [1.807, 2.05) is 0 Å². The Labute approximate surface area is 140 Å². The summed E-state index contributed by atoms with van der Waals surface area (Å²) in [5, 5.41) is 5.03. The molecule has 3 atom stereocenters. The van der Waals surface area contributed by atoms with Crippen molar-refractivity contribution in [1.29, 1.82) is 0 Å². The van der Waals surface area contributed by atoms with Gasteiger partial charge in [0, 0.05) is 26.2 Å². The molecule has 1 amide bonds. The fourth-order valence-electron chi connectivity index (χ4n) is 3.07. The highest BCUT2D eigenvalue weighted by Gasteiger charge is 2.39. The van der Waals surface area contributed by atoms with Gasteiger partial charge < -0.3 is 10.2 Å². The van der Waals surface area contributed by atoms with Gasteiger partial charge in [0.05, 0.1) is 6.04 Å². The normalized spacial score (nSPS) is 25.6. The number of fused-ring (bicyclic) bond motifs is 1. The molecule has 6 nitrogen and oxygen atoms in total. The van der Waals surface area contributed by atoms with Crippen molar-refractivity contribution in [2.45, 2.75) is 17.2 Å². The van der Waals surface area contributed by atoms with Gasteiger partial charge in [0.15, 0.2) is 0 Å². The SMILES string of the molecule is CC(NS(=O)(=O)c1cccs1)C(=O)N1C[C@H]2CNC[C@H]2C1.Cl. The summed E-state index contributed by atoms with van der Waals surface area (Å²) in [4.78, 5) is 14.2. The molecule has 0 saturated carbocycles. The lowest BCUT2D eigenvalue weighted by molar-refractivity contribution is -0.131. The molecule has 124 valence electrons. The number of halogens is 1. The largest absolute Gasteiger partial charge is 0.341 e. The highest BCUT2D eigenvalue weighted by molar-refractivity contribution is 7.91. The van der Waals surface area contributed by atoms with Crippen molar-refractivity contribution in [3.8, 4) is 0 Å². The average molecular weight is 366 g/mol. The maximum atomic E-state index is 12.4. The Hall–Kier alpha value is -0.670. The monoisotopic (exact) mass is 365 g/mol. The summed E-state index contributed by atoms with van der Waals surface area (Å²) in [6.07, 6.45) is 0. The number of thiophene rings is 1. The lowest BCUT2D eigenvalue weighted by Crippen LogP contribution is -2.46. The molecule has 0 aliphatic carbocycles. The zero-order chi connectivity index (χ0) is 15.0. The molecule has 2 aliphatic heterocycles. The van der Waals surface area contributed by atoms with E-state index in [2.05, 4.69) is 10.0 Å². The third-order valence-electron chi connectivity index (χ3n) is 4.16. The van der Waals surface area contributed by atoms with Gasteiger partial charge in [-0.25, -0.2) is 8.42 Å². The van der Waals surface area contributed by atoms with E-state index in [0.29, 0.717) is 11.8 Å². The molecule has 1 unspecified atom stereocenters. The molecular formula is C13H20ClN3O3S2. The number of hydrogen-bond acceptors (Lipinski definition) is 5. The van der Waals surface area contributed by atoms with E-state index in [4.69, 9.17) is 0 Å². The van der Waals surface area contributed by atoms with Gasteiger partial charge in [0.1, 0.15) is 4.21 Å². The van der Waals surface area contributed by atoms with Gasteiger partial charge in [-0.3, -0.25) is 4.79 Å². The minimum atomic E-state index is -3.60. The molecule has 2 saturated heterocycles. The fourth-order valence-corrected chi connectivity index (χ4v) is 5.27. The number of amides is 1. The fraction of sp³-hybridized carbons (Fsp3) is 0.615. The van der Waals surface area contributed by atoms with E-state index in [-0.39, 0.29) is 22.5 Å². The molecule has 0 spiro atoms. The molecule has 0 radical (unpaired) electrons. The van der Waals surface area contributed by atoms with Gasteiger partial charge >= 0.3 is 0 Å². The van der Waals surface area contributed by atoms with Crippen LogP contribution in [0.4, 0.5) is 0 Å². The van der Waals surface area contributed by atoms with Crippen LogP contribution in [0, 0.1) is 11.8 Å². The predicted molar refractivity (Wildman–Crippen MR) is 87.8 cm³/mol. The van der Waals surface area contributed by atoms with E-state index in [0.717, 1.165) is 37.5 Å². The minimum absolute atomic E-state index is 0. The van der Waals surface area contributed by atoms with Crippen molar-refractivity contribution >= 4 is 39.7 Å². The molecule has 2 fully saturated rings. The first-order valence-electron chi connectivity index (χ1n) is 7.03. The van der Waals surface area contributed by atoms with Gasteiger partial charge in [-0.2, -0.15) is 4.72 Å². The number of carbonyl (C=O) groups excluding carboxylic acids is 1. The minimum Gasteiger partial charge on any atom is -0.341 e. The number of hydrogen-bond donors (Lipinski definition) is 2. The number of nitrogens with one attached hydrogen (secondary N) is 2. The van der Waals surface area contributed by atoms with Gasteiger partial charge in [-0.1, -0.05) is 6.07 Å². The Bertz CT molecular complexity index is 608. The van der Waals surface area contributed by atoms with Gasteiger partial charge in [-0.15, -0.1) is 23.7 Å². The molecule has 9 heteroatoms. The molecule has 2 N–H and O–H groups in total. The lowest BCUT2D eigenvalue weighted by atomic mass is 10.0. The van der Waals surface area contributed by atoms with Crippen LogP contribution in [0.2, 0.25) is 0 Å². The summed E-state index contributed by atoms with van der Waals surface area (Å²) < 4.78 is 27.0. The van der Waals surface area contributed by atoms with Crippen LogP contribution in [0.3, 0.4) is 0 Å². The second-order valence-electron chi connectivity index (χ2n) is 5.70. The van der Waals surface area contributed by atoms with E-state index in [1.54, 1.807) is 23.3 Å². The van der Waals surface area contributed by atoms with Crippen molar-refractivity contribution in [2.75, 3.05) is 26.2 Å². The van der Waals surface area contributed by atoms with Crippen LogP contribution in [-0.4, -0.2) is 51.4 Å². The predicted octanol–water partition coefficient (Wildman–Crippen LogP) is 0.514. The molecule has 22 heavy (non-hydrogen) atoms. The van der Waals surface area contributed by atoms with Gasteiger partial charge in [-0.05, 0) is 30.2 Å². The highest BCUT2D eigenvalue weighted by Crippen LogP contribution is 2.26. The molecule has 0 aromatic carbocycles. The average Bonchev–Trinajstić information content (AvgIpc) is 3.13. The molecular weight excluding hydrogens is 346 g/mol.